The zero-order valence-corrected chi connectivity index (χ0v) is 12.1. The Balaban J connectivity index is 2.55. The first kappa shape index (κ1) is 10.5. The third-order valence-electron chi connectivity index (χ3n) is 2.76. The van der Waals surface area contributed by atoms with Crippen molar-refractivity contribution in [3.8, 4) is 0 Å². The predicted molar refractivity (Wildman–Crippen MR) is 81.9 cm³/mol. The Morgan fingerprint density at radius 1 is 0.750 bits per heavy atom. The highest BCUT2D eigenvalue weighted by molar-refractivity contribution is 14.1. The summed E-state index contributed by atoms with van der Waals surface area (Å²) in [7, 11) is 0. The molecule has 0 aliphatic carbocycles. The standard InChI is InChI=1S/C14H8BrI/c15-11-5-3-9-1-2-10-4-6-12(16)8-14(10)13(9)7-11/h1-8H. The molecule has 2 heteroatoms. The van der Waals surface area contributed by atoms with Crippen LogP contribution in [0.5, 0.6) is 0 Å². The number of hydrogen-bond donors (Lipinski definition) is 0. The van der Waals surface area contributed by atoms with Crippen LogP contribution in [0.25, 0.3) is 21.5 Å². The summed E-state index contributed by atoms with van der Waals surface area (Å²) < 4.78 is 2.41. The third-order valence-corrected chi connectivity index (χ3v) is 3.93. The molecule has 3 aromatic rings. The van der Waals surface area contributed by atoms with Gasteiger partial charge in [-0.15, -0.1) is 0 Å². The van der Waals surface area contributed by atoms with E-state index in [0.29, 0.717) is 0 Å². The average molecular weight is 383 g/mol. The lowest BCUT2D eigenvalue weighted by molar-refractivity contribution is 1.70. The highest BCUT2D eigenvalue weighted by Crippen LogP contribution is 2.28. The van der Waals surface area contributed by atoms with Crippen molar-refractivity contribution in [2.75, 3.05) is 0 Å². The molecule has 0 saturated heterocycles. The molecule has 0 aliphatic heterocycles. The van der Waals surface area contributed by atoms with Crippen LogP contribution in [0.3, 0.4) is 0 Å². The van der Waals surface area contributed by atoms with Crippen LogP contribution in [0.1, 0.15) is 0 Å². The van der Waals surface area contributed by atoms with Crippen molar-refractivity contribution < 1.29 is 0 Å². The van der Waals surface area contributed by atoms with Crippen LogP contribution in [0.4, 0.5) is 0 Å². The molecule has 16 heavy (non-hydrogen) atoms. The van der Waals surface area contributed by atoms with E-state index in [-0.39, 0.29) is 0 Å². The molecule has 0 nitrogen and oxygen atoms in total. The van der Waals surface area contributed by atoms with E-state index in [9.17, 15) is 0 Å². The van der Waals surface area contributed by atoms with Crippen molar-refractivity contribution in [1.82, 2.24) is 0 Å². The second-order valence-corrected chi connectivity index (χ2v) is 5.96. The van der Waals surface area contributed by atoms with Gasteiger partial charge < -0.3 is 0 Å². The number of benzene rings is 3. The lowest BCUT2D eigenvalue weighted by Crippen LogP contribution is -1.79. The number of halogens is 2. The molecule has 0 amide bonds. The topological polar surface area (TPSA) is 0 Å². The maximum atomic E-state index is 3.53. The Labute approximate surface area is 116 Å². The summed E-state index contributed by atoms with van der Waals surface area (Å²) in [4.78, 5) is 0. The van der Waals surface area contributed by atoms with Gasteiger partial charge in [0.15, 0.2) is 0 Å². The largest absolute Gasteiger partial charge is 0.0537 e. The molecule has 0 heterocycles. The molecule has 0 bridgehead atoms. The predicted octanol–water partition coefficient (Wildman–Crippen LogP) is 5.36. The van der Waals surface area contributed by atoms with Crippen LogP contribution in [-0.4, -0.2) is 0 Å². The molecule has 0 unspecified atom stereocenters. The molecule has 3 aromatic carbocycles. The smallest absolute Gasteiger partial charge is 0.0181 e. The van der Waals surface area contributed by atoms with E-state index in [2.05, 4.69) is 87.1 Å². The Morgan fingerprint density at radius 2 is 1.31 bits per heavy atom. The van der Waals surface area contributed by atoms with Gasteiger partial charge in [-0.25, -0.2) is 0 Å². The number of hydrogen-bond acceptors (Lipinski definition) is 0. The first-order chi connectivity index (χ1) is 7.74. The second-order valence-electron chi connectivity index (χ2n) is 3.80. The molecule has 0 aromatic heterocycles. The summed E-state index contributed by atoms with van der Waals surface area (Å²) in [5.41, 5.74) is 0. The fourth-order valence-electron chi connectivity index (χ4n) is 1.99. The van der Waals surface area contributed by atoms with E-state index < -0.39 is 0 Å². The fourth-order valence-corrected chi connectivity index (χ4v) is 2.85. The molecule has 0 spiro atoms. The van der Waals surface area contributed by atoms with Gasteiger partial charge in [-0.2, -0.15) is 0 Å². The molecule has 0 saturated carbocycles. The zero-order chi connectivity index (χ0) is 11.1. The van der Waals surface area contributed by atoms with Gasteiger partial charge in [-0.05, 0) is 68.4 Å². The molecular formula is C14H8BrI. The summed E-state index contributed by atoms with van der Waals surface area (Å²) >= 11 is 5.89. The Hall–Kier alpha value is -0.610. The van der Waals surface area contributed by atoms with Crippen molar-refractivity contribution in [2.24, 2.45) is 0 Å². The maximum absolute atomic E-state index is 3.53. The van der Waals surface area contributed by atoms with Crippen LogP contribution in [0.15, 0.2) is 53.0 Å². The van der Waals surface area contributed by atoms with Gasteiger partial charge in [-0.1, -0.05) is 40.2 Å². The summed E-state index contributed by atoms with van der Waals surface area (Å²) in [5, 5.41) is 5.22. The lowest BCUT2D eigenvalue weighted by atomic mass is 10.0. The molecule has 0 aliphatic rings. The first-order valence-electron chi connectivity index (χ1n) is 5.01. The van der Waals surface area contributed by atoms with Gasteiger partial charge in [0.25, 0.3) is 0 Å². The van der Waals surface area contributed by atoms with Crippen molar-refractivity contribution in [1.29, 1.82) is 0 Å². The molecule has 3 rings (SSSR count). The normalized spacial score (nSPS) is 11.1. The minimum Gasteiger partial charge on any atom is -0.0537 e. The van der Waals surface area contributed by atoms with Crippen LogP contribution in [-0.2, 0) is 0 Å². The van der Waals surface area contributed by atoms with Crippen LogP contribution < -0.4 is 0 Å². The molecule has 0 fully saturated rings. The van der Waals surface area contributed by atoms with Gasteiger partial charge in [0.05, 0.1) is 0 Å². The molecular weight excluding hydrogens is 375 g/mol. The quantitative estimate of drug-likeness (QED) is 0.362. The monoisotopic (exact) mass is 382 g/mol. The minimum atomic E-state index is 1.13. The summed E-state index contributed by atoms with van der Waals surface area (Å²) in [6.07, 6.45) is 0. The van der Waals surface area contributed by atoms with E-state index in [4.69, 9.17) is 0 Å². The summed E-state index contributed by atoms with van der Waals surface area (Å²) in [6.45, 7) is 0. The minimum absolute atomic E-state index is 1.13. The van der Waals surface area contributed by atoms with Crippen molar-refractivity contribution >= 4 is 60.1 Å². The molecule has 0 radical (unpaired) electrons. The van der Waals surface area contributed by atoms with E-state index in [1.54, 1.807) is 0 Å². The van der Waals surface area contributed by atoms with E-state index in [0.717, 1.165) is 4.47 Å². The average Bonchev–Trinajstić information content (AvgIpc) is 2.29. The highest BCUT2D eigenvalue weighted by Gasteiger charge is 2.01. The maximum Gasteiger partial charge on any atom is 0.0181 e. The van der Waals surface area contributed by atoms with Gasteiger partial charge in [0.2, 0.25) is 0 Å². The van der Waals surface area contributed by atoms with E-state index in [1.165, 1.54) is 25.1 Å². The third kappa shape index (κ3) is 1.74. The van der Waals surface area contributed by atoms with E-state index >= 15 is 0 Å². The fraction of sp³-hybridized carbons (Fsp3) is 0. The Morgan fingerprint density at radius 3 is 2.06 bits per heavy atom. The highest BCUT2D eigenvalue weighted by atomic mass is 127. The van der Waals surface area contributed by atoms with Crippen molar-refractivity contribution in [2.45, 2.75) is 0 Å². The molecule has 0 atom stereocenters. The van der Waals surface area contributed by atoms with Gasteiger partial charge in [0.1, 0.15) is 0 Å². The van der Waals surface area contributed by atoms with Crippen molar-refractivity contribution in [3.63, 3.8) is 0 Å². The van der Waals surface area contributed by atoms with Crippen LogP contribution in [0, 0.1) is 3.57 Å². The van der Waals surface area contributed by atoms with Gasteiger partial charge in [-0.3, -0.25) is 0 Å². The SMILES string of the molecule is Brc1ccc2ccc3ccc(I)cc3c2c1. The molecule has 78 valence electrons. The first-order valence-corrected chi connectivity index (χ1v) is 6.89. The summed E-state index contributed by atoms with van der Waals surface area (Å²) in [6, 6.07) is 17.3. The Kier molecular flexibility index (Phi) is 2.64. The molecule has 0 N–H and O–H groups in total. The van der Waals surface area contributed by atoms with Gasteiger partial charge >= 0.3 is 0 Å². The van der Waals surface area contributed by atoms with E-state index in [1.807, 2.05) is 0 Å². The van der Waals surface area contributed by atoms with Crippen LogP contribution in [0.2, 0.25) is 0 Å². The summed E-state index contributed by atoms with van der Waals surface area (Å²) in [5.74, 6) is 0. The number of rotatable bonds is 0. The second kappa shape index (κ2) is 4.00. The van der Waals surface area contributed by atoms with Gasteiger partial charge in [0, 0.05) is 8.04 Å². The van der Waals surface area contributed by atoms with Crippen molar-refractivity contribution in [3.05, 3.63) is 56.6 Å². The Bertz CT molecular complexity index is 628. The number of fused-ring (bicyclic) bond motifs is 3. The van der Waals surface area contributed by atoms with Crippen LogP contribution >= 0.6 is 38.5 Å². The zero-order valence-electron chi connectivity index (χ0n) is 8.37. The lowest BCUT2D eigenvalue weighted by Gasteiger charge is -2.05.